The van der Waals surface area contributed by atoms with Crippen molar-refractivity contribution in [3.63, 3.8) is 0 Å². The van der Waals surface area contributed by atoms with E-state index in [2.05, 4.69) is 25.5 Å². The largest absolute Gasteiger partial charge is 0.350 e. The van der Waals surface area contributed by atoms with E-state index >= 15 is 0 Å². The molecule has 4 rings (SSSR count). The lowest BCUT2D eigenvalue weighted by atomic mass is 9.77. The Bertz CT molecular complexity index is 1470. The predicted octanol–water partition coefficient (Wildman–Crippen LogP) is 3.37. The zero-order valence-corrected chi connectivity index (χ0v) is 19.4. The molecule has 1 unspecified atom stereocenters. The molecule has 4 aromatic heterocycles. The Balaban J connectivity index is 1.65. The number of carbonyl (C=O) groups is 1. The number of pyridine rings is 2. The van der Waals surface area contributed by atoms with Crippen LogP contribution in [0.2, 0.25) is 0 Å². The van der Waals surface area contributed by atoms with Crippen LogP contribution in [0, 0.1) is 36.8 Å². The highest BCUT2D eigenvalue weighted by Crippen LogP contribution is 2.35. The van der Waals surface area contributed by atoms with E-state index < -0.39 is 23.0 Å². The smallest absolute Gasteiger partial charge is 0.289 e. The molecule has 0 aliphatic rings. The summed E-state index contributed by atoms with van der Waals surface area (Å²) in [6.45, 7) is 5.76. The van der Waals surface area contributed by atoms with Crippen molar-refractivity contribution in [1.82, 2.24) is 30.2 Å². The maximum absolute atomic E-state index is 14.0. The molecular formula is C24H21F2N7O2. The fourth-order valence-corrected chi connectivity index (χ4v) is 4.12. The van der Waals surface area contributed by atoms with E-state index in [1.807, 2.05) is 33.9 Å². The van der Waals surface area contributed by atoms with Crippen LogP contribution in [0.15, 0.2) is 41.1 Å². The van der Waals surface area contributed by atoms with E-state index in [9.17, 15) is 18.8 Å². The number of carbonyl (C=O) groups excluding carboxylic acids is 1. The summed E-state index contributed by atoms with van der Waals surface area (Å²) in [5, 5.41) is 20.3. The average molecular weight is 477 g/mol. The molecule has 11 heteroatoms. The van der Waals surface area contributed by atoms with Gasteiger partial charge in [-0.25, -0.2) is 18.7 Å². The quantitative estimate of drug-likeness (QED) is 0.452. The van der Waals surface area contributed by atoms with Crippen LogP contribution in [0.1, 0.15) is 45.8 Å². The first kappa shape index (κ1) is 23.7. The molecule has 0 aliphatic carbocycles. The third kappa shape index (κ3) is 4.38. The van der Waals surface area contributed by atoms with Crippen molar-refractivity contribution in [1.29, 1.82) is 5.26 Å². The SMILES string of the molecule is Cc1nn(C)c(C)c1C(C)(CNC(=O)c1cc(-c2ncc(F)cc2F)no1)c1cccc(C#N)n1. The maximum atomic E-state index is 14.0. The molecule has 0 bridgehead atoms. The van der Waals surface area contributed by atoms with Gasteiger partial charge in [0.25, 0.3) is 5.91 Å². The van der Waals surface area contributed by atoms with Gasteiger partial charge in [-0.2, -0.15) is 10.4 Å². The fourth-order valence-electron chi connectivity index (χ4n) is 4.12. The lowest BCUT2D eigenvalue weighted by Crippen LogP contribution is -2.41. The summed E-state index contributed by atoms with van der Waals surface area (Å²) in [5.41, 5.74) is 2.18. The zero-order valence-electron chi connectivity index (χ0n) is 19.4. The highest BCUT2D eigenvalue weighted by molar-refractivity contribution is 5.92. The maximum Gasteiger partial charge on any atom is 0.289 e. The number of nitrogens with one attached hydrogen (secondary N) is 1. The first-order valence-electron chi connectivity index (χ1n) is 10.6. The number of hydrogen-bond acceptors (Lipinski definition) is 7. The lowest BCUT2D eigenvalue weighted by Gasteiger charge is -2.30. The third-order valence-corrected chi connectivity index (χ3v) is 5.88. The predicted molar refractivity (Wildman–Crippen MR) is 120 cm³/mol. The molecule has 9 nitrogen and oxygen atoms in total. The molecule has 4 aromatic rings. The Morgan fingerprint density at radius 3 is 2.71 bits per heavy atom. The lowest BCUT2D eigenvalue weighted by molar-refractivity contribution is 0.0910. The highest BCUT2D eigenvalue weighted by atomic mass is 19.1. The van der Waals surface area contributed by atoms with Crippen LogP contribution in [0.5, 0.6) is 0 Å². The van der Waals surface area contributed by atoms with Crippen LogP contribution in [0.4, 0.5) is 8.78 Å². The number of nitrogens with zero attached hydrogens (tertiary/aromatic N) is 6. The van der Waals surface area contributed by atoms with Crippen molar-refractivity contribution < 1.29 is 18.1 Å². The molecule has 178 valence electrons. The van der Waals surface area contributed by atoms with E-state index in [0.29, 0.717) is 11.8 Å². The molecule has 0 saturated heterocycles. The van der Waals surface area contributed by atoms with Gasteiger partial charge in [0, 0.05) is 37.0 Å². The van der Waals surface area contributed by atoms with Gasteiger partial charge in [-0.15, -0.1) is 0 Å². The van der Waals surface area contributed by atoms with Crippen LogP contribution >= 0.6 is 0 Å². The van der Waals surface area contributed by atoms with Crippen LogP contribution in [-0.2, 0) is 12.5 Å². The topological polar surface area (TPSA) is 123 Å². The summed E-state index contributed by atoms with van der Waals surface area (Å²) in [5.74, 6) is -2.54. The van der Waals surface area contributed by atoms with E-state index in [0.717, 1.165) is 23.1 Å². The number of nitriles is 1. The zero-order chi connectivity index (χ0) is 25.3. The van der Waals surface area contributed by atoms with Crippen molar-refractivity contribution >= 4 is 5.91 Å². The highest BCUT2D eigenvalue weighted by Gasteiger charge is 2.36. The normalized spacial score (nSPS) is 12.7. The van der Waals surface area contributed by atoms with Gasteiger partial charge in [0.15, 0.2) is 5.82 Å². The van der Waals surface area contributed by atoms with Gasteiger partial charge in [0.05, 0.1) is 23.0 Å². The van der Waals surface area contributed by atoms with E-state index in [4.69, 9.17) is 4.52 Å². The van der Waals surface area contributed by atoms with Crippen LogP contribution in [-0.4, -0.2) is 37.4 Å². The molecule has 0 saturated carbocycles. The summed E-state index contributed by atoms with van der Waals surface area (Å²) >= 11 is 0. The van der Waals surface area contributed by atoms with Gasteiger partial charge in [-0.3, -0.25) is 9.48 Å². The minimum Gasteiger partial charge on any atom is -0.350 e. The molecule has 1 amide bonds. The Morgan fingerprint density at radius 1 is 1.29 bits per heavy atom. The molecule has 35 heavy (non-hydrogen) atoms. The van der Waals surface area contributed by atoms with Crippen molar-refractivity contribution in [2.24, 2.45) is 7.05 Å². The Hall–Kier alpha value is -4.46. The monoisotopic (exact) mass is 477 g/mol. The fraction of sp³-hybridized carbons (Fsp3) is 0.250. The molecule has 0 radical (unpaired) electrons. The van der Waals surface area contributed by atoms with Crippen molar-refractivity contribution in [2.45, 2.75) is 26.2 Å². The minimum absolute atomic E-state index is 0.0438. The molecule has 1 N–H and O–H groups in total. The number of aryl methyl sites for hydroxylation is 2. The summed E-state index contributed by atoms with van der Waals surface area (Å²) in [6, 6.07) is 9.06. The van der Waals surface area contributed by atoms with E-state index in [1.165, 1.54) is 6.07 Å². The number of amides is 1. The van der Waals surface area contributed by atoms with Crippen molar-refractivity contribution in [3.8, 4) is 17.5 Å². The molecule has 0 spiro atoms. The minimum atomic E-state index is -0.927. The van der Waals surface area contributed by atoms with Gasteiger partial charge in [0.2, 0.25) is 5.76 Å². The number of hydrogen-bond donors (Lipinski definition) is 1. The van der Waals surface area contributed by atoms with E-state index in [1.54, 1.807) is 22.9 Å². The molecule has 0 aromatic carbocycles. The average Bonchev–Trinajstić information content (AvgIpc) is 3.42. The third-order valence-electron chi connectivity index (χ3n) is 5.88. The van der Waals surface area contributed by atoms with Gasteiger partial charge < -0.3 is 9.84 Å². The summed E-state index contributed by atoms with van der Waals surface area (Å²) in [4.78, 5) is 21.1. The second kappa shape index (κ2) is 9.06. The summed E-state index contributed by atoms with van der Waals surface area (Å²) < 4.78 is 34.0. The molecule has 1 atom stereocenters. The van der Waals surface area contributed by atoms with E-state index in [-0.39, 0.29) is 29.4 Å². The Labute approximate surface area is 199 Å². The summed E-state index contributed by atoms with van der Waals surface area (Å²) in [6.07, 6.45) is 0.846. The Morgan fingerprint density at radius 2 is 2.06 bits per heavy atom. The molecule has 0 aliphatic heterocycles. The molecule has 4 heterocycles. The number of halogens is 2. The first-order chi connectivity index (χ1) is 16.6. The van der Waals surface area contributed by atoms with Crippen molar-refractivity contribution in [3.05, 3.63) is 82.3 Å². The second-order valence-electron chi connectivity index (χ2n) is 8.26. The van der Waals surface area contributed by atoms with Gasteiger partial charge in [-0.05, 0) is 32.9 Å². The van der Waals surface area contributed by atoms with Crippen LogP contribution < -0.4 is 5.32 Å². The van der Waals surface area contributed by atoms with Crippen molar-refractivity contribution in [2.75, 3.05) is 6.54 Å². The number of rotatable bonds is 6. The van der Waals surface area contributed by atoms with Gasteiger partial charge in [0.1, 0.15) is 29.0 Å². The summed E-state index contributed by atoms with van der Waals surface area (Å²) in [7, 11) is 1.82. The van der Waals surface area contributed by atoms with Crippen LogP contribution in [0.25, 0.3) is 11.4 Å². The number of aromatic nitrogens is 5. The molecule has 0 fully saturated rings. The van der Waals surface area contributed by atoms with Crippen LogP contribution in [0.3, 0.4) is 0 Å². The van der Waals surface area contributed by atoms with Gasteiger partial charge >= 0.3 is 0 Å². The first-order valence-corrected chi connectivity index (χ1v) is 10.6. The second-order valence-corrected chi connectivity index (χ2v) is 8.26. The Kier molecular flexibility index (Phi) is 6.13. The standard InChI is InChI=1S/C24H21F2N7O2/c1-13-21(14(2)33(4)31-13)24(3,20-7-5-6-16(10-27)30-20)12-29-23(34)19-9-18(32-35-19)22-17(26)8-15(25)11-28-22/h5-9,11H,12H2,1-4H3,(H,29,34). The molecular weight excluding hydrogens is 456 g/mol. The van der Waals surface area contributed by atoms with Gasteiger partial charge in [-0.1, -0.05) is 11.2 Å².